The maximum Gasteiger partial charge on any atom is 0.120 e. The van der Waals surface area contributed by atoms with E-state index in [4.69, 9.17) is 4.74 Å². The van der Waals surface area contributed by atoms with Gasteiger partial charge in [-0.1, -0.05) is 34.8 Å². The predicted molar refractivity (Wildman–Crippen MR) is 93.2 cm³/mol. The molecule has 0 radical (unpaired) electrons. The summed E-state index contributed by atoms with van der Waals surface area (Å²) in [6.07, 6.45) is 6.82. The van der Waals surface area contributed by atoms with Crippen molar-refractivity contribution in [3.8, 4) is 5.75 Å². The van der Waals surface area contributed by atoms with Gasteiger partial charge in [-0.2, -0.15) is 11.8 Å². The second kappa shape index (κ2) is 9.03. The highest BCUT2D eigenvalue weighted by atomic mass is 79.9. The lowest BCUT2D eigenvalue weighted by Crippen LogP contribution is -2.44. The number of hydrogen-bond donors (Lipinski definition) is 2. The van der Waals surface area contributed by atoms with Crippen LogP contribution in [0.4, 0.5) is 0 Å². The Balaban J connectivity index is 1.70. The Hall–Kier alpha value is -0.230. The zero-order valence-electron chi connectivity index (χ0n) is 12.4. The Morgan fingerprint density at radius 3 is 3.00 bits per heavy atom. The molecule has 0 spiro atoms. The third kappa shape index (κ3) is 5.81. The number of aliphatic hydroxyl groups excluding tert-OH is 1. The third-order valence-electron chi connectivity index (χ3n) is 3.86. The Morgan fingerprint density at radius 2 is 2.24 bits per heavy atom. The van der Waals surface area contributed by atoms with Crippen LogP contribution in [0.3, 0.4) is 0 Å². The van der Waals surface area contributed by atoms with Crippen LogP contribution in [0.2, 0.25) is 0 Å². The van der Waals surface area contributed by atoms with E-state index in [2.05, 4.69) is 27.5 Å². The van der Waals surface area contributed by atoms with E-state index >= 15 is 0 Å². The lowest BCUT2D eigenvalue weighted by molar-refractivity contribution is 0.102. The lowest BCUT2D eigenvalue weighted by atomic mass is 9.95. The van der Waals surface area contributed by atoms with E-state index in [-0.39, 0.29) is 0 Å². The number of nitrogens with one attached hydrogen (secondary N) is 1. The van der Waals surface area contributed by atoms with Gasteiger partial charge in [-0.05, 0) is 37.3 Å². The van der Waals surface area contributed by atoms with Crippen LogP contribution < -0.4 is 10.1 Å². The van der Waals surface area contributed by atoms with E-state index in [0.717, 1.165) is 10.2 Å². The summed E-state index contributed by atoms with van der Waals surface area (Å²) in [7, 11) is 0. The van der Waals surface area contributed by atoms with Crippen molar-refractivity contribution in [3.05, 3.63) is 28.7 Å². The van der Waals surface area contributed by atoms with Gasteiger partial charge < -0.3 is 15.2 Å². The molecule has 0 aromatic heterocycles. The van der Waals surface area contributed by atoms with Crippen molar-refractivity contribution in [1.29, 1.82) is 0 Å². The van der Waals surface area contributed by atoms with Gasteiger partial charge in [0.05, 0.1) is 0 Å². The molecule has 1 aliphatic carbocycles. The Bertz CT molecular complexity index is 432. The number of thioether (sulfide) groups is 1. The first-order chi connectivity index (χ1) is 10.2. The van der Waals surface area contributed by atoms with Gasteiger partial charge in [0, 0.05) is 22.3 Å². The van der Waals surface area contributed by atoms with Crippen molar-refractivity contribution in [3.63, 3.8) is 0 Å². The maximum atomic E-state index is 10.1. The summed E-state index contributed by atoms with van der Waals surface area (Å²) < 4.78 is 6.60. The molecule has 0 amide bonds. The van der Waals surface area contributed by atoms with Crippen LogP contribution in [-0.4, -0.2) is 41.9 Å². The normalized spacial score (nSPS) is 23.8. The highest BCUT2D eigenvalue weighted by Crippen LogP contribution is 2.27. The molecule has 0 aliphatic heterocycles. The molecule has 5 heteroatoms. The van der Waals surface area contributed by atoms with Gasteiger partial charge in [-0.25, -0.2) is 0 Å². The van der Waals surface area contributed by atoms with Gasteiger partial charge in [-0.15, -0.1) is 0 Å². The van der Waals surface area contributed by atoms with Crippen LogP contribution in [0.25, 0.3) is 0 Å². The molecule has 0 saturated heterocycles. The fourth-order valence-corrected chi connectivity index (χ4v) is 4.05. The first-order valence-corrected chi connectivity index (χ1v) is 9.59. The largest absolute Gasteiger partial charge is 0.491 e. The van der Waals surface area contributed by atoms with Crippen molar-refractivity contribution in [1.82, 2.24) is 5.32 Å². The first-order valence-electron chi connectivity index (χ1n) is 7.51. The Labute approximate surface area is 140 Å². The van der Waals surface area contributed by atoms with E-state index in [1.165, 1.54) is 25.7 Å². The van der Waals surface area contributed by atoms with Crippen LogP contribution in [0.5, 0.6) is 5.75 Å². The monoisotopic (exact) mass is 373 g/mol. The summed E-state index contributed by atoms with van der Waals surface area (Å²) in [6.45, 7) is 0.913. The van der Waals surface area contributed by atoms with Gasteiger partial charge in [0.1, 0.15) is 18.5 Å². The van der Waals surface area contributed by atoms with E-state index in [1.54, 1.807) is 0 Å². The Morgan fingerprint density at radius 1 is 1.43 bits per heavy atom. The molecule has 21 heavy (non-hydrogen) atoms. The zero-order chi connectivity index (χ0) is 15.1. The predicted octanol–water partition coefficient (Wildman–Crippen LogP) is 3.45. The number of benzene rings is 1. The fraction of sp³-hybridized carbons (Fsp3) is 0.625. The topological polar surface area (TPSA) is 41.5 Å². The number of rotatable bonds is 7. The van der Waals surface area contributed by atoms with Crippen molar-refractivity contribution in [2.45, 2.75) is 43.1 Å². The summed E-state index contributed by atoms with van der Waals surface area (Å²) in [6, 6.07) is 8.21. The van der Waals surface area contributed by atoms with Crippen molar-refractivity contribution < 1.29 is 9.84 Å². The molecule has 3 unspecified atom stereocenters. The smallest absolute Gasteiger partial charge is 0.120 e. The molecular formula is C16H24BrNO2S. The molecule has 3 nitrogen and oxygen atoms in total. The number of hydrogen-bond acceptors (Lipinski definition) is 4. The van der Waals surface area contributed by atoms with Gasteiger partial charge in [0.25, 0.3) is 0 Å². The number of aliphatic hydroxyl groups is 1. The summed E-state index contributed by atoms with van der Waals surface area (Å²) in [4.78, 5) is 0. The van der Waals surface area contributed by atoms with E-state index in [1.807, 2.05) is 36.0 Å². The van der Waals surface area contributed by atoms with Crippen LogP contribution in [0.15, 0.2) is 28.7 Å². The van der Waals surface area contributed by atoms with Crippen LogP contribution in [0, 0.1) is 0 Å². The highest BCUT2D eigenvalue weighted by molar-refractivity contribution is 9.10. The summed E-state index contributed by atoms with van der Waals surface area (Å²) in [5.41, 5.74) is 0. The summed E-state index contributed by atoms with van der Waals surface area (Å²) in [5.74, 6) is 0.781. The van der Waals surface area contributed by atoms with Crippen molar-refractivity contribution >= 4 is 27.7 Å². The highest BCUT2D eigenvalue weighted by Gasteiger charge is 2.24. The third-order valence-corrected chi connectivity index (χ3v) is 5.52. The molecule has 2 rings (SSSR count). The average molecular weight is 374 g/mol. The average Bonchev–Trinajstić information content (AvgIpc) is 2.51. The zero-order valence-corrected chi connectivity index (χ0v) is 14.8. The van der Waals surface area contributed by atoms with Crippen molar-refractivity contribution in [2.75, 3.05) is 19.4 Å². The molecule has 1 fully saturated rings. The minimum atomic E-state index is -0.478. The molecule has 0 heterocycles. The summed E-state index contributed by atoms with van der Waals surface area (Å²) >= 11 is 5.35. The second-order valence-corrected chi connectivity index (χ2v) is 7.49. The molecule has 0 bridgehead atoms. The molecule has 1 saturated carbocycles. The molecule has 2 N–H and O–H groups in total. The summed E-state index contributed by atoms with van der Waals surface area (Å²) in [5, 5.41) is 14.3. The molecule has 118 valence electrons. The quantitative estimate of drug-likeness (QED) is 0.767. The number of ether oxygens (including phenoxy) is 1. The second-order valence-electron chi connectivity index (χ2n) is 5.50. The van der Waals surface area contributed by atoms with Crippen LogP contribution in [-0.2, 0) is 0 Å². The minimum Gasteiger partial charge on any atom is -0.491 e. The number of halogens is 1. The van der Waals surface area contributed by atoms with Crippen LogP contribution in [0.1, 0.15) is 25.7 Å². The van der Waals surface area contributed by atoms with E-state index in [0.29, 0.717) is 24.4 Å². The van der Waals surface area contributed by atoms with Gasteiger partial charge >= 0.3 is 0 Å². The molecule has 3 atom stereocenters. The van der Waals surface area contributed by atoms with Gasteiger partial charge in [0.2, 0.25) is 0 Å². The molecule has 1 aromatic rings. The minimum absolute atomic E-state index is 0.320. The standard InChI is InChI=1S/C16H24BrNO2S/c1-21-16-8-3-2-7-15(16)18-10-13(19)11-20-14-6-4-5-12(17)9-14/h4-6,9,13,15-16,18-19H,2-3,7-8,10-11H2,1H3. The molecule has 1 aromatic carbocycles. The lowest BCUT2D eigenvalue weighted by Gasteiger charge is -2.31. The fourth-order valence-electron chi connectivity index (χ4n) is 2.71. The van der Waals surface area contributed by atoms with E-state index < -0.39 is 6.10 Å². The van der Waals surface area contributed by atoms with Gasteiger partial charge in [-0.3, -0.25) is 0 Å². The maximum absolute atomic E-state index is 10.1. The molecular weight excluding hydrogens is 350 g/mol. The van der Waals surface area contributed by atoms with Gasteiger partial charge in [0.15, 0.2) is 0 Å². The van der Waals surface area contributed by atoms with Crippen LogP contribution >= 0.6 is 27.7 Å². The van der Waals surface area contributed by atoms with Crippen molar-refractivity contribution in [2.24, 2.45) is 0 Å². The first kappa shape index (κ1) is 17.1. The Kier molecular flexibility index (Phi) is 7.37. The van der Waals surface area contributed by atoms with E-state index in [9.17, 15) is 5.11 Å². The molecule has 1 aliphatic rings. The SMILES string of the molecule is CSC1CCCCC1NCC(O)COc1cccc(Br)c1.